The van der Waals surface area contributed by atoms with Crippen molar-refractivity contribution in [2.45, 2.75) is 30.9 Å². The summed E-state index contributed by atoms with van der Waals surface area (Å²) in [4.78, 5) is 13.5. The molecule has 3 rings (SSSR count). The maximum Gasteiger partial charge on any atom is 0.237 e. The lowest BCUT2D eigenvalue weighted by Crippen LogP contribution is -2.26. The van der Waals surface area contributed by atoms with E-state index in [4.69, 9.17) is 10.7 Å². The Hall–Kier alpha value is -1.07. The van der Waals surface area contributed by atoms with Crippen molar-refractivity contribution >= 4 is 31.3 Å². The molecule has 1 heterocycles. The van der Waals surface area contributed by atoms with Gasteiger partial charge in [0.15, 0.2) is 0 Å². The summed E-state index contributed by atoms with van der Waals surface area (Å²) in [6.07, 6.45) is 3.24. The van der Waals surface area contributed by atoms with Gasteiger partial charge in [-0.25, -0.2) is 8.42 Å². The van der Waals surface area contributed by atoms with Crippen molar-refractivity contribution in [2.24, 2.45) is 0 Å². The molecule has 6 heteroatoms. The number of aryl methyl sites for hydroxylation is 2. The third-order valence-electron chi connectivity index (χ3n) is 3.88. The average molecular weight is 300 g/mol. The van der Waals surface area contributed by atoms with Crippen molar-refractivity contribution in [1.82, 2.24) is 0 Å². The van der Waals surface area contributed by atoms with E-state index in [9.17, 15) is 13.2 Å². The van der Waals surface area contributed by atoms with E-state index in [1.54, 1.807) is 0 Å². The first kappa shape index (κ1) is 12.9. The van der Waals surface area contributed by atoms with E-state index >= 15 is 0 Å². The average Bonchev–Trinajstić information content (AvgIpc) is 2.92. The summed E-state index contributed by atoms with van der Waals surface area (Å²) in [7, 11) is 1.67. The Balaban J connectivity index is 1.89. The minimum atomic E-state index is -3.68. The van der Waals surface area contributed by atoms with Crippen molar-refractivity contribution in [3.05, 3.63) is 29.3 Å². The number of nitrogens with zero attached hydrogens (tertiary/aromatic N) is 1. The van der Waals surface area contributed by atoms with Gasteiger partial charge in [-0.1, -0.05) is 6.07 Å². The lowest BCUT2D eigenvalue weighted by molar-refractivity contribution is -0.117. The zero-order valence-corrected chi connectivity index (χ0v) is 11.9. The van der Waals surface area contributed by atoms with E-state index in [-0.39, 0.29) is 18.9 Å². The molecule has 0 saturated carbocycles. The number of amides is 1. The first-order valence-corrected chi connectivity index (χ1v) is 8.68. The number of carbonyl (C=O) groups excluding carboxylic acids is 1. The second kappa shape index (κ2) is 4.49. The van der Waals surface area contributed by atoms with Crippen molar-refractivity contribution in [3.8, 4) is 0 Å². The highest BCUT2D eigenvalue weighted by molar-refractivity contribution is 8.14. The highest BCUT2D eigenvalue weighted by Crippen LogP contribution is 2.31. The van der Waals surface area contributed by atoms with Crippen LogP contribution in [0.15, 0.2) is 18.2 Å². The molecule has 0 spiro atoms. The van der Waals surface area contributed by atoms with E-state index in [2.05, 4.69) is 0 Å². The van der Waals surface area contributed by atoms with Gasteiger partial charge in [-0.2, -0.15) is 0 Å². The summed E-state index contributed by atoms with van der Waals surface area (Å²) >= 11 is 0. The Labute approximate surface area is 116 Å². The number of hydrogen-bond acceptors (Lipinski definition) is 3. The van der Waals surface area contributed by atoms with Gasteiger partial charge < -0.3 is 4.90 Å². The third-order valence-corrected chi connectivity index (χ3v) is 5.75. The fourth-order valence-electron chi connectivity index (χ4n) is 2.84. The molecular formula is C13H14ClNO3S. The number of carbonyl (C=O) groups is 1. The smallest absolute Gasteiger partial charge is 0.237 e. The number of hydrogen-bond donors (Lipinski definition) is 0. The van der Waals surface area contributed by atoms with Crippen LogP contribution in [0.25, 0.3) is 0 Å². The summed E-state index contributed by atoms with van der Waals surface area (Å²) in [6.45, 7) is 0.156. The van der Waals surface area contributed by atoms with Crippen molar-refractivity contribution in [3.63, 3.8) is 0 Å². The fraction of sp³-hybridized carbons (Fsp3) is 0.462. The first-order chi connectivity index (χ1) is 8.95. The highest BCUT2D eigenvalue weighted by Gasteiger charge is 2.38. The first-order valence-electron chi connectivity index (χ1n) is 6.31. The molecule has 1 aliphatic carbocycles. The summed E-state index contributed by atoms with van der Waals surface area (Å²) in [6, 6.07) is 5.93. The molecule has 1 unspecified atom stereocenters. The molecule has 1 amide bonds. The van der Waals surface area contributed by atoms with Crippen LogP contribution in [-0.2, 0) is 26.7 Å². The zero-order valence-electron chi connectivity index (χ0n) is 10.3. The van der Waals surface area contributed by atoms with E-state index < -0.39 is 14.3 Å². The third kappa shape index (κ3) is 2.37. The predicted octanol–water partition coefficient (Wildman–Crippen LogP) is 1.85. The Bertz CT molecular complexity index is 641. The summed E-state index contributed by atoms with van der Waals surface area (Å²) in [5.41, 5.74) is 3.38. The number of rotatable bonds is 2. The van der Waals surface area contributed by atoms with Crippen LogP contribution in [0.2, 0.25) is 0 Å². The monoisotopic (exact) mass is 299 g/mol. The molecule has 0 radical (unpaired) electrons. The van der Waals surface area contributed by atoms with Crippen LogP contribution in [0.4, 0.5) is 5.69 Å². The van der Waals surface area contributed by atoms with E-state index in [0.717, 1.165) is 24.9 Å². The van der Waals surface area contributed by atoms with Gasteiger partial charge in [0.2, 0.25) is 15.0 Å². The quantitative estimate of drug-likeness (QED) is 0.783. The largest absolute Gasteiger partial charge is 0.311 e. The van der Waals surface area contributed by atoms with Gasteiger partial charge in [0.05, 0.1) is 0 Å². The molecule has 1 fully saturated rings. The Morgan fingerprint density at radius 1 is 1.21 bits per heavy atom. The molecule has 1 atom stereocenters. The SMILES string of the molecule is O=C1CC(S(=O)(=O)Cl)CN1c1ccc2c(c1)CCC2. The van der Waals surface area contributed by atoms with Gasteiger partial charge in [-0.05, 0) is 42.5 Å². The summed E-state index contributed by atoms with van der Waals surface area (Å²) < 4.78 is 22.7. The van der Waals surface area contributed by atoms with Crippen molar-refractivity contribution < 1.29 is 13.2 Å². The van der Waals surface area contributed by atoms with E-state index in [1.807, 2.05) is 18.2 Å². The van der Waals surface area contributed by atoms with Gasteiger partial charge in [-0.15, -0.1) is 0 Å². The molecular weight excluding hydrogens is 286 g/mol. The summed E-state index contributed by atoms with van der Waals surface area (Å²) in [5, 5.41) is -0.796. The minimum absolute atomic E-state index is 0.0249. The summed E-state index contributed by atoms with van der Waals surface area (Å²) in [5.74, 6) is -0.174. The Morgan fingerprint density at radius 3 is 2.63 bits per heavy atom. The molecule has 0 bridgehead atoms. The molecule has 1 saturated heterocycles. The molecule has 19 heavy (non-hydrogen) atoms. The van der Waals surface area contributed by atoms with Gasteiger partial charge >= 0.3 is 0 Å². The fourth-order valence-corrected chi connectivity index (χ4v) is 3.87. The Kier molecular flexibility index (Phi) is 3.06. The van der Waals surface area contributed by atoms with Crippen LogP contribution < -0.4 is 4.90 Å². The molecule has 1 aliphatic heterocycles. The molecule has 0 N–H and O–H groups in total. The van der Waals surface area contributed by atoms with Crippen LogP contribution >= 0.6 is 10.7 Å². The topological polar surface area (TPSA) is 54.5 Å². The maximum absolute atomic E-state index is 11.9. The molecule has 1 aromatic rings. The predicted molar refractivity (Wildman–Crippen MR) is 74.0 cm³/mol. The van der Waals surface area contributed by atoms with Gasteiger partial charge in [0.25, 0.3) is 0 Å². The number of benzene rings is 1. The highest BCUT2D eigenvalue weighted by atomic mass is 35.7. The van der Waals surface area contributed by atoms with Crippen LogP contribution in [0.3, 0.4) is 0 Å². The van der Waals surface area contributed by atoms with Gasteiger partial charge in [0.1, 0.15) is 5.25 Å². The molecule has 2 aliphatic rings. The van der Waals surface area contributed by atoms with Crippen LogP contribution in [0, 0.1) is 0 Å². The standard InChI is InChI=1S/C13H14ClNO3S/c14-19(17,18)12-7-13(16)15(8-12)11-5-4-9-2-1-3-10(9)6-11/h4-6,12H,1-3,7-8H2. The lowest BCUT2D eigenvalue weighted by Gasteiger charge is -2.17. The number of anilines is 1. The van der Waals surface area contributed by atoms with Crippen LogP contribution in [0.1, 0.15) is 24.0 Å². The molecule has 4 nitrogen and oxygen atoms in total. The normalized spacial score (nSPS) is 22.9. The second-order valence-electron chi connectivity index (χ2n) is 5.11. The second-order valence-corrected chi connectivity index (χ2v) is 8.02. The maximum atomic E-state index is 11.9. The van der Waals surface area contributed by atoms with E-state index in [0.29, 0.717) is 0 Å². The van der Waals surface area contributed by atoms with Crippen molar-refractivity contribution in [1.29, 1.82) is 0 Å². The zero-order chi connectivity index (χ0) is 13.6. The molecule has 1 aromatic carbocycles. The number of fused-ring (bicyclic) bond motifs is 1. The van der Waals surface area contributed by atoms with Crippen LogP contribution in [-0.4, -0.2) is 26.1 Å². The number of halogens is 1. The van der Waals surface area contributed by atoms with E-state index in [1.165, 1.54) is 16.0 Å². The Morgan fingerprint density at radius 2 is 1.95 bits per heavy atom. The molecule has 102 valence electrons. The van der Waals surface area contributed by atoms with Gasteiger partial charge in [-0.3, -0.25) is 4.79 Å². The minimum Gasteiger partial charge on any atom is -0.311 e. The van der Waals surface area contributed by atoms with Gasteiger partial charge in [0, 0.05) is 29.3 Å². The molecule has 0 aromatic heterocycles. The van der Waals surface area contributed by atoms with Crippen molar-refractivity contribution in [2.75, 3.05) is 11.4 Å². The van der Waals surface area contributed by atoms with Crippen LogP contribution in [0.5, 0.6) is 0 Å². The lowest BCUT2D eigenvalue weighted by atomic mass is 10.1.